The lowest BCUT2D eigenvalue weighted by Crippen LogP contribution is -2.51. The van der Waals surface area contributed by atoms with E-state index in [1.54, 1.807) is 35.4 Å². The number of piperidine rings is 1. The molecule has 1 saturated heterocycles. The van der Waals surface area contributed by atoms with Crippen LogP contribution < -0.4 is 5.73 Å². The summed E-state index contributed by atoms with van der Waals surface area (Å²) in [4.78, 5) is 23.1. The van der Waals surface area contributed by atoms with Crippen LogP contribution in [0.1, 0.15) is 36.5 Å². The highest BCUT2D eigenvalue weighted by molar-refractivity contribution is 5.94. The number of hydrogen-bond donors (Lipinski definition) is 1. The van der Waals surface area contributed by atoms with Crippen LogP contribution in [0.3, 0.4) is 0 Å². The fourth-order valence-corrected chi connectivity index (χ4v) is 3.01. The van der Waals surface area contributed by atoms with Crippen molar-refractivity contribution in [2.45, 2.75) is 38.3 Å². The van der Waals surface area contributed by atoms with Crippen LogP contribution in [0.2, 0.25) is 0 Å². The van der Waals surface area contributed by atoms with Gasteiger partial charge in [-0.15, -0.1) is 0 Å². The summed E-state index contributed by atoms with van der Waals surface area (Å²) in [7, 11) is 0. The molecule has 2 atom stereocenters. The Morgan fingerprint density at radius 1 is 1.41 bits per heavy atom. The van der Waals surface area contributed by atoms with Crippen molar-refractivity contribution in [3.8, 4) is 5.82 Å². The van der Waals surface area contributed by atoms with E-state index in [0.29, 0.717) is 11.4 Å². The van der Waals surface area contributed by atoms with E-state index in [1.807, 2.05) is 18.0 Å². The first-order chi connectivity index (χ1) is 10.7. The molecule has 6 heteroatoms. The largest absolute Gasteiger partial charge is 0.334 e. The van der Waals surface area contributed by atoms with Crippen molar-refractivity contribution in [1.82, 2.24) is 19.4 Å². The molecule has 0 spiro atoms. The zero-order valence-electron chi connectivity index (χ0n) is 12.7. The highest BCUT2D eigenvalue weighted by Gasteiger charge is 2.29. The van der Waals surface area contributed by atoms with Crippen LogP contribution >= 0.6 is 0 Å². The van der Waals surface area contributed by atoms with Crippen LogP contribution in [0.15, 0.2) is 37.1 Å². The summed E-state index contributed by atoms with van der Waals surface area (Å²) in [5.41, 5.74) is 6.71. The zero-order chi connectivity index (χ0) is 15.5. The topological polar surface area (TPSA) is 77.0 Å². The van der Waals surface area contributed by atoms with Crippen LogP contribution in [0.5, 0.6) is 0 Å². The van der Waals surface area contributed by atoms with Gasteiger partial charge in [0.1, 0.15) is 12.1 Å². The first-order valence-corrected chi connectivity index (χ1v) is 7.68. The van der Waals surface area contributed by atoms with E-state index in [9.17, 15) is 4.79 Å². The van der Waals surface area contributed by atoms with E-state index in [4.69, 9.17) is 5.73 Å². The maximum Gasteiger partial charge on any atom is 0.254 e. The lowest BCUT2D eigenvalue weighted by molar-refractivity contribution is 0.0583. The molecule has 2 aromatic heterocycles. The Labute approximate surface area is 130 Å². The summed E-state index contributed by atoms with van der Waals surface area (Å²) in [6.07, 6.45) is 9.97. The Morgan fingerprint density at radius 3 is 3.00 bits per heavy atom. The molecule has 0 aromatic carbocycles. The number of rotatable bonds is 3. The number of imidazole rings is 1. The SMILES string of the molecule is C[C@H](N)[C@H]1CCCCN1C(=O)c1ccnc(-n2ccnc2)c1. The average Bonchev–Trinajstić information content (AvgIpc) is 3.09. The third-order valence-corrected chi connectivity index (χ3v) is 4.18. The van der Waals surface area contributed by atoms with Gasteiger partial charge in [0, 0.05) is 42.8 Å². The van der Waals surface area contributed by atoms with Gasteiger partial charge < -0.3 is 10.6 Å². The van der Waals surface area contributed by atoms with E-state index in [-0.39, 0.29) is 18.0 Å². The van der Waals surface area contributed by atoms with Crippen LogP contribution in [-0.4, -0.2) is 44.0 Å². The first-order valence-electron chi connectivity index (χ1n) is 7.68. The predicted octanol–water partition coefficient (Wildman–Crippen LogP) is 1.61. The predicted molar refractivity (Wildman–Crippen MR) is 83.7 cm³/mol. The fraction of sp³-hybridized carbons (Fsp3) is 0.438. The van der Waals surface area contributed by atoms with E-state index in [2.05, 4.69) is 9.97 Å². The number of pyridine rings is 1. The highest BCUT2D eigenvalue weighted by Crippen LogP contribution is 2.22. The Kier molecular flexibility index (Phi) is 4.20. The number of nitrogens with two attached hydrogens (primary N) is 1. The Balaban J connectivity index is 1.86. The molecule has 1 aliphatic heterocycles. The summed E-state index contributed by atoms with van der Waals surface area (Å²) in [5.74, 6) is 0.725. The Bertz CT molecular complexity index is 638. The van der Waals surface area contributed by atoms with Crippen LogP contribution in [0.25, 0.3) is 5.82 Å². The molecule has 2 N–H and O–H groups in total. The first kappa shape index (κ1) is 14.7. The molecule has 0 saturated carbocycles. The van der Waals surface area contributed by atoms with E-state index < -0.39 is 0 Å². The Morgan fingerprint density at radius 2 is 2.27 bits per heavy atom. The molecule has 0 unspecified atom stereocenters. The van der Waals surface area contributed by atoms with Gasteiger partial charge in [-0.3, -0.25) is 9.36 Å². The molecule has 0 aliphatic carbocycles. The summed E-state index contributed by atoms with van der Waals surface area (Å²) < 4.78 is 1.79. The minimum absolute atomic E-state index is 0.0146. The highest BCUT2D eigenvalue weighted by atomic mass is 16.2. The average molecular weight is 299 g/mol. The van der Waals surface area contributed by atoms with Gasteiger partial charge in [0.05, 0.1) is 0 Å². The van der Waals surface area contributed by atoms with Crippen LogP contribution in [-0.2, 0) is 0 Å². The summed E-state index contributed by atoms with van der Waals surface area (Å²) >= 11 is 0. The molecule has 116 valence electrons. The number of carbonyl (C=O) groups is 1. The minimum atomic E-state index is -0.0146. The van der Waals surface area contributed by atoms with Gasteiger partial charge >= 0.3 is 0 Å². The molecule has 22 heavy (non-hydrogen) atoms. The van der Waals surface area contributed by atoms with Crippen molar-refractivity contribution in [3.05, 3.63) is 42.6 Å². The number of carbonyl (C=O) groups excluding carboxylic acids is 1. The number of likely N-dealkylation sites (tertiary alicyclic amines) is 1. The third-order valence-electron chi connectivity index (χ3n) is 4.18. The summed E-state index contributed by atoms with van der Waals surface area (Å²) in [5, 5.41) is 0. The van der Waals surface area contributed by atoms with Gasteiger partial charge in [-0.2, -0.15) is 0 Å². The van der Waals surface area contributed by atoms with Gasteiger partial charge in [-0.1, -0.05) is 0 Å². The molecule has 1 aliphatic rings. The number of nitrogens with zero attached hydrogens (tertiary/aromatic N) is 4. The van der Waals surface area contributed by atoms with Crippen molar-refractivity contribution in [1.29, 1.82) is 0 Å². The molecule has 0 bridgehead atoms. The molecule has 1 fully saturated rings. The second-order valence-corrected chi connectivity index (χ2v) is 5.79. The maximum atomic E-state index is 12.9. The third kappa shape index (κ3) is 2.87. The van der Waals surface area contributed by atoms with Crippen LogP contribution in [0, 0.1) is 0 Å². The number of aromatic nitrogens is 3. The van der Waals surface area contributed by atoms with Gasteiger partial charge in [-0.25, -0.2) is 9.97 Å². The molecule has 3 rings (SSSR count). The normalized spacial score (nSPS) is 19.9. The molecule has 2 aromatic rings. The standard InChI is InChI=1S/C16H21N5O/c1-12(17)14-4-2-3-8-21(14)16(22)13-5-6-19-15(10-13)20-9-7-18-11-20/h5-7,9-12,14H,2-4,8,17H2,1H3/t12-,14+/m0/s1. The van der Waals surface area contributed by atoms with Gasteiger partial charge in [-0.05, 0) is 38.3 Å². The summed E-state index contributed by atoms with van der Waals surface area (Å²) in [6, 6.07) is 3.66. The molecule has 1 amide bonds. The fourth-order valence-electron chi connectivity index (χ4n) is 3.01. The van der Waals surface area contributed by atoms with E-state index in [1.165, 1.54) is 0 Å². The molecule has 3 heterocycles. The maximum absolute atomic E-state index is 12.9. The second-order valence-electron chi connectivity index (χ2n) is 5.79. The van der Waals surface area contributed by atoms with Crippen LogP contribution in [0.4, 0.5) is 0 Å². The van der Waals surface area contributed by atoms with Crippen molar-refractivity contribution in [3.63, 3.8) is 0 Å². The Hall–Kier alpha value is -2.21. The van der Waals surface area contributed by atoms with Crippen molar-refractivity contribution >= 4 is 5.91 Å². The summed E-state index contributed by atoms with van der Waals surface area (Å²) in [6.45, 7) is 2.74. The van der Waals surface area contributed by atoms with Crippen molar-refractivity contribution in [2.24, 2.45) is 5.73 Å². The van der Waals surface area contributed by atoms with E-state index in [0.717, 1.165) is 25.8 Å². The lowest BCUT2D eigenvalue weighted by Gasteiger charge is -2.38. The monoisotopic (exact) mass is 299 g/mol. The van der Waals surface area contributed by atoms with E-state index >= 15 is 0 Å². The molecular weight excluding hydrogens is 278 g/mol. The molecular formula is C16H21N5O. The minimum Gasteiger partial charge on any atom is -0.334 e. The van der Waals surface area contributed by atoms with Gasteiger partial charge in [0.2, 0.25) is 0 Å². The van der Waals surface area contributed by atoms with Crippen molar-refractivity contribution in [2.75, 3.05) is 6.54 Å². The molecule has 0 radical (unpaired) electrons. The van der Waals surface area contributed by atoms with Gasteiger partial charge in [0.15, 0.2) is 0 Å². The number of hydrogen-bond acceptors (Lipinski definition) is 4. The lowest BCUT2D eigenvalue weighted by atomic mass is 9.96. The smallest absolute Gasteiger partial charge is 0.254 e. The number of amides is 1. The molecule has 6 nitrogen and oxygen atoms in total. The quantitative estimate of drug-likeness (QED) is 0.934. The zero-order valence-corrected chi connectivity index (χ0v) is 12.7. The van der Waals surface area contributed by atoms with Crippen molar-refractivity contribution < 1.29 is 4.79 Å². The van der Waals surface area contributed by atoms with Gasteiger partial charge in [0.25, 0.3) is 5.91 Å². The second kappa shape index (κ2) is 6.27.